The lowest BCUT2D eigenvalue weighted by molar-refractivity contribution is 0.332. The smallest absolute Gasteiger partial charge is 0.125 e. The van der Waals surface area contributed by atoms with Crippen LogP contribution in [0.1, 0.15) is 37.0 Å². The minimum absolute atomic E-state index is 0.447. The maximum Gasteiger partial charge on any atom is 0.125 e. The molecule has 0 radical (unpaired) electrons. The molecule has 0 saturated carbocycles. The molecular weight excluding hydrogens is 242 g/mol. The van der Waals surface area contributed by atoms with Gasteiger partial charge >= 0.3 is 0 Å². The molecule has 1 rings (SSSR count). The van der Waals surface area contributed by atoms with Gasteiger partial charge in [-0.05, 0) is 44.2 Å². The Morgan fingerprint density at radius 1 is 1.39 bits per heavy atom. The number of benzene rings is 1. The van der Waals surface area contributed by atoms with Crippen LogP contribution < -0.4 is 10.5 Å². The van der Waals surface area contributed by atoms with Crippen LogP contribution >= 0.6 is 12.2 Å². The lowest BCUT2D eigenvalue weighted by atomic mass is 9.94. The Balaban J connectivity index is 2.95. The average Bonchev–Trinajstić information content (AvgIpc) is 2.21. The Hall–Kier alpha value is -1.09. The first-order chi connectivity index (χ1) is 8.43. The molecule has 1 aromatic rings. The Bertz CT molecular complexity index is 429. The lowest BCUT2D eigenvalue weighted by Gasteiger charge is -2.17. The second kappa shape index (κ2) is 6.74. The number of thiocarbonyl (C=S) groups is 1. The van der Waals surface area contributed by atoms with Gasteiger partial charge in [0.25, 0.3) is 0 Å². The SMILES string of the molecule is CCOc1c(C)cc(C)cc1CC(C)CC(N)=S. The second-order valence-corrected chi connectivity index (χ2v) is 5.51. The van der Waals surface area contributed by atoms with Crippen molar-refractivity contribution in [1.29, 1.82) is 0 Å². The zero-order valence-electron chi connectivity index (χ0n) is 11.7. The zero-order chi connectivity index (χ0) is 13.7. The summed E-state index contributed by atoms with van der Waals surface area (Å²) in [6, 6.07) is 4.36. The van der Waals surface area contributed by atoms with Crippen LogP contribution in [0.15, 0.2) is 12.1 Å². The monoisotopic (exact) mass is 265 g/mol. The van der Waals surface area contributed by atoms with Crippen molar-refractivity contribution in [2.45, 2.75) is 40.5 Å². The Morgan fingerprint density at radius 2 is 2.06 bits per heavy atom. The quantitative estimate of drug-likeness (QED) is 0.799. The summed E-state index contributed by atoms with van der Waals surface area (Å²) in [7, 11) is 0. The predicted octanol–water partition coefficient (Wildman–Crippen LogP) is 3.56. The van der Waals surface area contributed by atoms with Crippen molar-refractivity contribution in [3.05, 3.63) is 28.8 Å². The molecule has 0 aliphatic heterocycles. The first kappa shape index (κ1) is 15.0. The van der Waals surface area contributed by atoms with Crippen molar-refractivity contribution in [3.63, 3.8) is 0 Å². The van der Waals surface area contributed by atoms with Gasteiger partial charge in [0.1, 0.15) is 5.75 Å². The van der Waals surface area contributed by atoms with Crippen LogP contribution in [-0.4, -0.2) is 11.6 Å². The van der Waals surface area contributed by atoms with Crippen LogP contribution in [-0.2, 0) is 6.42 Å². The van der Waals surface area contributed by atoms with E-state index in [9.17, 15) is 0 Å². The standard InChI is InChI=1S/C15H23NOS/c1-5-17-15-12(4)6-10(2)7-13(15)8-11(3)9-14(16)18/h6-7,11H,5,8-9H2,1-4H3,(H2,16,18). The summed E-state index contributed by atoms with van der Waals surface area (Å²) >= 11 is 4.97. The molecule has 3 heteroatoms. The van der Waals surface area contributed by atoms with Gasteiger partial charge < -0.3 is 10.5 Å². The first-order valence-electron chi connectivity index (χ1n) is 6.45. The van der Waals surface area contributed by atoms with Crippen LogP contribution in [0.4, 0.5) is 0 Å². The van der Waals surface area contributed by atoms with Crippen LogP contribution in [0, 0.1) is 19.8 Å². The minimum atomic E-state index is 0.447. The molecule has 0 saturated heterocycles. The highest BCUT2D eigenvalue weighted by Crippen LogP contribution is 2.28. The molecule has 0 amide bonds. The van der Waals surface area contributed by atoms with Crippen LogP contribution in [0.3, 0.4) is 0 Å². The maximum atomic E-state index is 5.76. The molecule has 18 heavy (non-hydrogen) atoms. The number of rotatable bonds is 6. The molecule has 0 bridgehead atoms. The summed E-state index contributed by atoms with van der Waals surface area (Å²) in [5, 5.41) is 0. The van der Waals surface area contributed by atoms with Crippen LogP contribution in [0.2, 0.25) is 0 Å². The van der Waals surface area contributed by atoms with Gasteiger partial charge in [0, 0.05) is 6.42 Å². The third kappa shape index (κ3) is 4.30. The Labute approximate surface area is 116 Å². The van der Waals surface area contributed by atoms with Gasteiger partial charge in [-0.3, -0.25) is 0 Å². The zero-order valence-corrected chi connectivity index (χ0v) is 12.6. The molecule has 0 aromatic heterocycles. The number of aryl methyl sites for hydroxylation is 2. The predicted molar refractivity (Wildman–Crippen MR) is 81.4 cm³/mol. The molecule has 1 atom stereocenters. The number of nitrogens with two attached hydrogens (primary N) is 1. The van der Waals surface area contributed by atoms with Crippen molar-refractivity contribution in [2.24, 2.45) is 11.7 Å². The average molecular weight is 265 g/mol. The summed E-state index contributed by atoms with van der Waals surface area (Å²) in [4.78, 5) is 0.588. The molecular formula is C15H23NOS. The van der Waals surface area contributed by atoms with Crippen molar-refractivity contribution >= 4 is 17.2 Å². The molecule has 0 heterocycles. The maximum absolute atomic E-state index is 5.76. The summed E-state index contributed by atoms with van der Waals surface area (Å²) in [6.07, 6.45) is 1.74. The van der Waals surface area contributed by atoms with Gasteiger partial charge in [-0.1, -0.05) is 36.8 Å². The van der Waals surface area contributed by atoms with E-state index in [1.165, 1.54) is 16.7 Å². The molecule has 100 valence electrons. The fourth-order valence-electron chi connectivity index (χ4n) is 2.34. The van der Waals surface area contributed by atoms with E-state index >= 15 is 0 Å². The van der Waals surface area contributed by atoms with E-state index in [1.54, 1.807) is 0 Å². The summed E-state index contributed by atoms with van der Waals surface area (Å²) < 4.78 is 5.76. The summed E-state index contributed by atoms with van der Waals surface area (Å²) in [5.74, 6) is 1.47. The third-order valence-electron chi connectivity index (χ3n) is 2.90. The molecule has 2 nitrogen and oxygen atoms in total. The Kier molecular flexibility index (Phi) is 5.60. The van der Waals surface area contributed by atoms with E-state index in [0.717, 1.165) is 18.6 Å². The topological polar surface area (TPSA) is 35.2 Å². The van der Waals surface area contributed by atoms with Gasteiger partial charge in [0.15, 0.2) is 0 Å². The number of ether oxygens (including phenoxy) is 1. The molecule has 1 aromatic carbocycles. The highest BCUT2D eigenvalue weighted by atomic mass is 32.1. The fraction of sp³-hybridized carbons (Fsp3) is 0.533. The molecule has 0 fully saturated rings. The normalized spacial score (nSPS) is 12.2. The third-order valence-corrected chi connectivity index (χ3v) is 3.07. The molecule has 0 spiro atoms. The van der Waals surface area contributed by atoms with Crippen molar-refractivity contribution in [1.82, 2.24) is 0 Å². The van der Waals surface area contributed by atoms with Crippen molar-refractivity contribution in [2.75, 3.05) is 6.61 Å². The van der Waals surface area contributed by atoms with Crippen LogP contribution in [0.25, 0.3) is 0 Å². The van der Waals surface area contributed by atoms with E-state index in [0.29, 0.717) is 17.5 Å². The molecule has 1 unspecified atom stereocenters. The number of hydrogen-bond acceptors (Lipinski definition) is 2. The molecule has 0 aliphatic carbocycles. The summed E-state index contributed by atoms with van der Waals surface area (Å²) in [5.41, 5.74) is 9.34. The van der Waals surface area contributed by atoms with Crippen molar-refractivity contribution < 1.29 is 4.74 Å². The van der Waals surface area contributed by atoms with E-state index in [-0.39, 0.29) is 0 Å². The Morgan fingerprint density at radius 3 is 2.61 bits per heavy atom. The highest BCUT2D eigenvalue weighted by Gasteiger charge is 2.12. The van der Waals surface area contributed by atoms with E-state index < -0.39 is 0 Å². The van der Waals surface area contributed by atoms with E-state index in [4.69, 9.17) is 22.7 Å². The first-order valence-corrected chi connectivity index (χ1v) is 6.86. The minimum Gasteiger partial charge on any atom is -0.493 e. The largest absolute Gasteiger partial charge is 0.493 e. The van der Waals surface area contributed by atoms with Gasteiger partial charge in [0.2, 0.25) is 0 Å². The van der Waals surface area contributed by atoms with Gasteiger partial charge in [0.05, 0.1) is 11.6 Å². The number of hydrogen-bond donors (Lipinski definition) is 1. The van der Waals surface area contributed by atoms with Gasteiger partial charge in [-0.2, -0.15) is 0 Å². The molecule has 0 aliphatic rings. The molecule has 2 N–H and O–H groups in total. The van der Waals surface area contributed by atoms with Gasteiger partial charge in [-0.25, -0.2) is 0 Å². The summed E-state index contributed by atoms with van der Waals surface area (Å²) in [6.45, 7) is 9.10. The van der Waals surface area contributed by atoms with Crippen molar-refractivity contribution in [3.8, 4) is 5.75 Å². The second-order valence-electron chi connectivity index (χ2n) is 4.98. The fourth-order valence-corrected chi connectivity index (χ4v) is 2.62. The van der Waals surface area contributed by atoms with Gasteiger partial charge in [-0.15, -0.1) is 0 Å². The van der Waals surface area contributed by atoms with Crippen LogP contribution in [0.5, 0.6) is 5.75 Å². The highest BCUT2D eigenvalue weighted by molar-refractivity contribution is 7.80. The van der Waals surface area contributed by atoms with E-state index in [1.807, 2.05) is 6.92 Å². The lowest BCUT2D eigenvalue weighted by Crippen LogP contribution is -2.14. The van der Waals surface area contributed by atoms with E-state index in [2.05, 4.69) is 32.9 Å².